The van der Waals surface area contributed by atoms with Gasteiger partial charge in [0.1, 0.15) is 0 Å². The molecule has 8 nitrogen and oxygen atoms in total. The van der Waals surface area contributed by atoms with Gasteiger partial charge in [0.15, 0.2) is 8.32 Å². The van der Waals surface area contributed by atoms with E-state index in [1.165, 1.54) is 11.4 Å². The fourth-order valence-corrected chi connectivity index (χ4v) is 7.19. The number of carboxylic acids is 1. The van der Waals surface area contributed by atoms with Gasteiger partial charge in [0.2, 0.25) is 10.0 Å². The van der Waals surface area contributed by atoms with Crippen molar-refractivity contribution in [2.45, 2.75) is 89.9 Å². The van der Waals surface area contributed by atoms with Crippen LogP contribution in [0.4, 0.5) is 5.69 Å². The first-order chi connectivity index (χ1) is 19.9. The van der Waals surface area contributed by atoms with Gasteiger partial charge in [-0.2, -0.15) is 0 Å². The summed E-state index contributed by atoms with van der Waals surface area (Å²) in [5, 5.41) is 13.0. The van der Waals surface area contributed by atoms with Crippen LogP contribution in [0.15, 0.2) is 67.3 Å². The van der Waals surface area contributed by atoms with E-state index >= 15 is 0 Å². The van der Waals surface area contributed by atoms with Crippen LogP contribution in [0.1, 0.15) is 69.8 Å². The number of rotatable bonds is 16. The van der Waals surface area contributed by atoms with Crippen LogP contribution in [0, 0.1) is 11.8 Å². The second-order valence-electron chi connectivity index (χ2n) is 13.2. The second-order valence-corrected chi connectivity index (χ2v) is 19.9. The first-order valence-corrected chi connectivity index (χ1v) is 19.3. The Balaban J connectivity index is 2.41. The normalized spacial score (nSPS) is 14.5. The average molecular weight is 631 g/mol. The summed E-state index contributed by atoms with van der Waals surface area (Å²) in [5.74, 6) is -1.98. The van der Waals surface area contributed by atoms with E-state index in [1.807, 2.05) is 19.9 Å². The van der Waals surface area contributed by atoms with Gasteiger partial charge in [-0.15, -0.1) is 6.58 Å². The minimum atomic E-state index is -3.70. The van der Waals surface area contributed by atoms with Crippen LogP contribution in [-0.4, -0.2) is 52.9 Å². The smallest absolute Gasteiger partial charge is 0.306 e. The van der Waals surface area contributed by atoms with E-state index in [4.69, 9.17) is 4.43 Å². The molecular formula is C33H50N2O6SSi. The Morgan fingerprint density at radius 1 is 1.07 bits per heavy atom. The van der Waals surface area contributed by atoms with Gasteiger partial charge in [-0.05, 0) is 67.1 Å². The van der Waals surface area contributed by atoms with Crippen molar-refractivity contribution in [1.82, 2.24) is 5.32 Å². The molecule has 0 aliphatic heterocycles. The number of sulfonamides is 1. The Hall–Kier alpha value is -2.95. The summed E-state index contributed by atoms with van der Waals surface area (Å²) in [6.45, 7) is 18.4. The fourth-order valence-electron chi connectivity index (χ4n) is 4.58. The van der Waals surface area contributed by atoms with Crippen LogP contribution in [0.2, 0.25) is 18.1 Å². The largest absolute Gasteiger partial charge is 0.481 e. The monoisotopic (exact) mass is 630 g/mol. The maximum atomic E-state index is 13.7. The maximum absolute atomic E-state index is 13.7. The topological polar surface area (TPSA) is 113 Å². The number of amides is 1. The number of aliphatic carboxylic acids is 1. The van der Waals surface area contributed by atoms with E-state index in [0.29, 0.717) is 29.7 Å². The van der Waals surface area contributed by atoms with E-state index < -0.39 is 42.4 Å². The highest BCUT2D eigenvalue weighted by Crippen LogP contribution is 2.39. The minimum Gasteiger partial charge on any atom is -0.481 e. The number of anilines is 1. The number of carbonyl (C=O) groups is 2. The maximum Gasteiger partial charge on any atom is 0.306 e. The Morgan fingerprint density at radius 2 is 1.70 bits per heavy atom. The number of carboxylic acid groups (broad SMARTS) is 1. The number of nitrogens with zero attached hydrogens (tertiary/aromatic N) is 1. The molecule has 10 heteroatoms. The average Bonchev–Trinajstić information content (AvgIpc) is 2.90. The summed E-state index contributed by atoms with van der Waals surface area (Å²) in [4.78, 5) is 25.8. The molecule has 0 saturated carbocycles. The molecule has 0 radical (unpaired) electrons. The molecular weight excluding hydrogens is 581 g/mol. The Morgan fingerprint density at radius 3 is 2.23 bits per heavy atom. The lowest BCUT2D eigenvalue weighted by molar-refractivity contribution is -0.142. The van der Waals surface area contributed by atoms with Crippen molar-refractivity contribution in [2.75, 3.05) is 11.4 Å². The van der Waals surface area contributed by atoms with E-state index in [2.05, 4.69) is 45.8 Å². The molecule has 0 aliphatic rings. The van der Waals surface area contributed by atoms with Crippen LogP contribution in [0.5, 0.6) is 0 Å². The summed E-state index contributed by atoms with van der Waals surface area (Å²) in [7, 11) is -4.58. The third kappa shape index (κ3) is 10.6. The fraction of sp³-hybridized carbons (Fsp3) is 0.515. The lowest BCUT2D eigenvalue weighted by Gasteiger charge is -2.42. The van der Waals surface area contributed by atoms with Crippen LogP contribution in [-0.2, 0) is 25.0 Å². The lowest BCUT2D eigenvalue weighted by Crippen LogP contribution is -2.53. The molecule has 0 fully saturated rings. The van der Waals surface area contributed by atoms with E-state index in [9.17, 15) is 23.1 Å². The van der Waals surface area contributed by atoms with Crippen molar-refractivity contribution in [3.63, 3.8) is 0 Å². The van der Waals surface area contributed by atoms with Crippen molar-refractivity contribution < 1.29 is 27.5 Å². The number of hydrogen-bond donors (Lipinski definition) is 2. The molecule has 0 aromatic heterocycles. The molecule has 2 aromatic rings. The van der Waals surface area contributed by atoms with Crippen molar-refractivity contribution in [3.8, 4) is 0 Å². The molecule has 1 amide bonds. The van der Waals surface area contributed by atoms with Crippen molar-refractivity contribution in [3.05, 3.63) is 78.4 Å². The van der Waals surface area contributed by atoms with E-state index in [0.717, 1.165) is 0 Å². The van der Waals surface area contributed by atoms with Crippen LogP contribution in [0.3, 0.4) is 0 Å². The summed E-state index contributed by atoms with van der Waals surface area (Å²) >= 11 is 0. The molecule has 0 heterocycles. The molecule has 238 valence electrons. The van der Waals surface area contributed by atoms with Crippen molar-refractivity contribution in [2.24, 2.45) is 11.8 Å². The third-order valence-corrected chi connectivity index (χ3v) is 14.4. The van der Waals surface area contributed by atoms with Gasteiger partial charge < -0.3 is 14.8 Å². The molecule has 0 aliphatic carbocycles. The molecule has 0 spiro atoms. The lowest BCUT2D eigenvalue weighted by atomic mass is 9.90. The summed E-state index contributed by atoms with van der Waals surface area (Å²) < 4.78 is 34.3. The number of hydrogen-bond acceptors (Lipinski definition) is 5. The predicted molar refractivity (Wildman–Crippen MR) is 177 cm³/mol. The molecule has 2 aromatic carbocycles. The van der Waals surface area contributed by atoms with Gasteiger partial charge in [-0.1, -0.05) is 77.1 Å². The first-order valence-electron chi connectivity index (χ1n) is 14.8. The highest BCUT2D eigenvalue weighted by Gasteiger charge is 2.42. The van der Waals surface area contributed by atoms with Gasteiger partial charge in [0, 0.05) is 12.6 Å². The van der Waals surface area contributed by atoms with Gasteiger partial charge in [0.25, 0.3) is 5.91 Å². The molecule has 2 rings (SSSR count). The Bertz CT molecular complexity index is 1340. The highest BCUT2D eigenvalue weighted by atomic mass is 32.2. The van der Waals surface area contributed by atoms with Gasteiger partial charge >= 0.3 is 5.97 Å². The van der Waals surface area contributed by atoms with E-state index in [1.54, 1.807) is 54.6 Å². The van der Waals surface area contributed by atoms with Crippen LogP contribution >= 0.6 is 0 Å². The van der Waals surface area contributed by atoms with Crippen molar-refractivity contribution >= 4 is 35.9 Å². The quantitative estimate of drug-likeness (QED) is 0.155. The molecule has 0 unspecified atom stereocenters. The third-order valence-electron chi connectivity index (χ3n) is 8.14. The molecule has 43 heavy (non-hydrogen) atoms. The summed E-state index contributed by atoms with van der Waals surface area (Å²) in [6.07, 6.45) is 2.17. The minimum absolute atomic E-state index is 0.126. The van der Waals surface area contributed by atoms with E-state index in [-0.39, 0.29) is 29.0 Å². The summed E-state index contributed by atoms with van der Waals surface area (Å²) in [5.41, 5.74) is 1.35. The zero-order chi connectivity index (χ0) is 32.6. The zero-order valence-corrected chi connectivity index (χ0v) is 28.8. The summed E-state index contributed by atoms with van der Waals surface area (Å²) in [6, 6.07) is 15.0. The van der Waals surface area contributed by atoms with Crippen molar-refractivity contribution in [1.29, 1.82) is 0 Å². The van der Waals surface area contributed by atoms with Gasteiger partial charge in [-0.25, -0.2) is 8.42 Å². The van der Waals surface area contributed by atoms with Gasteiger partial charge in [0.05, 0.1) is 29.5 Å². The van der Waals surface area contributed by atoms with Crippen LogP contribution < -0.4 is 9.62 Å². The molecule has 0 saturated heterocycles. The highest BCUT2D eigenvalue weighted by molar-refractivity contribution is 7.92. The van der Waals surface area contributed by atoms with Crippen LogP contribution in [0.25, 0.3) is 0 Å². The Kier molecular flexibility index (Phi) is 12.8. The number of carbonyl (C=O) groups excluding carboxylic acids is 1. The number of allylic oxidation sites excluding steroid dienone is 1. The Labute approximate surface area is 259 Å². The SMILES string of the molecule is C=CC[C@H](C[C@H](O[Si](C)(C)C(C)(C)C)[C@H](CC(C)C)NC(=O)c1cccc(N(C)S(=O)(=O)Cc2ccccc2)c1)C(=O)O. The number of nitrogens with one attached hydrogen (secondary N) is 1. The first kappa shape index (κ1) is 36.2. The zero-order valence-electron chi connectivity index (χ0n) is 27.0. The molecule has 3 atom stereocenters. The second kappa shape index (κ2) is 15.2. The number of benzene rings is 2. The standard InChI is InChI=1S/C33H50N2O6SSi/c1-10-15-27(32(37)38)22-30(41-43(8,9)33(4,5)6)29(20-24(2)3)34-31(36)26-18-14-19-28(21-26)35(7)42(39,40)23-25-16-12-11-13-17-25/h10-14,16-19,21,24,27,29-30H,1,15,20,22-23H2,2-9H3,(H,34,36)(H,37,38)/t27-,29+,30+/m1/s1. The molecule has 0 bridgehead atoms. The van der Waals surface area contributed by atoms with Gasteiger partial charge in [-0.3, -0.25) is 13.9 Å². The predicted octanol–water partition coefficient (Wildman–Crippen LogP) is 6.85. The molecule has 2 N–H and O–H groups in total.